The second kappa shape index (κ2) is 7.31. The topological polar surface area (TPSA) is 75.7 Å². The molecule has 1 N–H and O–H groups in total. The molecule has 7 heteroatoms. The molecule has 1 aromatic rings. The minimum atomic E-state index is -3.62. The molecule has 23 heavy (non-hydrogen) atoms. The summed E-state index contributed by atoms with van der Waals surface area (Å²) in [6, 6.07) is 4.45. The Morgan fingerprint density at radius 2 is 2.00 bits per heavy atom. The number of nitrogens with zero attached hydrogens (tertiary/aromatic N) is 1. The van der Waals surface area contributed by atoms with Gasteiger partial charge in [-0.1, -0.05) is 12.8 Å². The number of sulfonamides is 1. The summed E-state index contributed by atoms with van der Waals surface area (Å²) in [7, 11) is -0.553. The predicted octanol–water partition coefficient (Wildman–Crippen LogP) is 2.01. The third-order valence-electron chi connectivity index (χ3n) is 4.27. The van der Waals surface area contributed by atoms with Crippen molar-refractivity contribution < 1.29 is 17.9 Å². The monoisotopic (exact) mass is 340 g/mol. The number of hydrogen-bond donors (Lipinski definition) is 1. The number of carbonyl (C=O) groups excluding carboxylic acids is 1. The molecule has 0 aliphatic heterocycles. The van der Waals surface area contributed by atoms with E-state index in [4.69, 9.17) is 4.74 Å². The van der Waals surface area contributed by atoms with Gasteiger partial charge in [0.25, 0.3) is 5.91 Å². The van der Waals surface area contributed by atoms with E-state index in [1.54, 1.807) is 14.0 Å². The lowest BCUT2D eigenvalue weighted by atomic mass is 10.2. The maximum Gasteiger partial charge on any atom is 0.255 e. The first kappa shape index (κ1) is 17.7. The standard InChI is InChI=1S/C16H24N2O4S/c1-4-17-16(19)14-11-13(9-10-15(14)22-3)23(20,21)18(2)12-7-5-6-8-12/h9-12H,4-8H2,1-3H3,(H,17,19). The third kappa shape index (κ3) is 3.67. The highest BCUT2D eigenvalue weighted by Crippen LogP contribution is 2.29. The second-order valence-corrected chi connectivity index (χ2v) is 7.68. The lowest BCUT2D eigenvalue weighted by Crippen LogP contribution is -2.35. The van der Waals surface area contributed by atoms with Crippen LogP contribution in [-0.4, -0.2) is 45.4 Å². The van der Waals surface area contributed by atoms with Crippen LogP contribution in [0.5, 0.6) is 5.75 Å². The summed E-state index contributed by atoms with van der Waals surface area (Å²) < 4.78 is 32.2. The van der Waals surface area contributed by atoms with Gasteiger partial charge in [-0.05, 0) is 38.0 Å². The van der Waals surface area contributed by atoms with Gasteiger partial charge >= 0.3 is 0 Å². The number of benzene rings is 1. The quantitative estimate of drug-likeness (QED) is 0.859. The molecule has 0 saturated heterocycles. The van der Waals surface area contributed by atoms with Gasteiger partial charge in [0.15, 0.2) is 0 Å². The van der Waals surface area contributed by atoms with Crippen molar-refractivity contribution in [1.29, 1.82) is 0 Å². The number of carbonyl (C=O) groups is 1. The Bertz CT molecular complexity index is 667. The Hall–Kier alpha value is -1.60. The zero-order valence-corrected chi connectivity index (χ0v) is 14.6. The van der Waals surface area contributed by atoms with Crippen LogP contribution in [0.25, 0.3) is 0 Å². The summed E-state index contributed by atoms with van der Waals surface area (Å²) in [6.07, 6.45) is 3.87. The molecule has 1 fully saturated rings. The Labute approximate surface area is 137 Å². The smallest absolute Gasteiger partial charge is 0.255 e. The van der Waals surface area contributed by atoms with Crippen molar-refractivity contribution in [1.82, 2.24) is 9.62 Å². The SMILES string of the molecule is CCNC(=O)c1cc(S(=O)(=O)N(C)C2CCCC2)ccc1OC. The summed E-state index contributed by atoms with van der Waals surface area (Å²) >= 11 is 0. The number of ether oxygens (including phenoxy) is 1. The van der Waals surface area contributed by atoms with Crippen LogP contribution in [0.4, 0.5) is 0 Å². The van der Waals surface area contributed by atoms with E-state index in [-0.39, 0.29) is 22.4 Å². The maximum atomic E-state index is 12.8. The summed E-state index contributed by atoms with van der Waals surface area (Å²) in [5.74, 6) is 0.0170. The van der Waals surface area contributed by atoms with E-state index in [1.165, 1.54) is 29.6 Å². The largest absolute Gasteiger partial charge is 0.496 e. The molecule has 1 aliphatic carbocycles. The Kier molecular flexibility index (Phi) is 5.64. The highest BCUT2D eigenvalue weighted by atomic mass is 32.2. The molecule has 1 amide bonds. The molecule has 0 spiro atoms. The van der Waals surface area contributed by atoms with Crippen LogP contribution in [0.15, 0.2) is 23.1 Å². The van der Waals surface area contributed by atoms with E-state index in [9.17, 15) is 13.2 Å². The number of amides is 1. The van der Waals surface area contributed by atoms with Crippen LogP contribution in [0.1, 0.15) is 43.0 Å². The van der Waals surface area contributed by atoms with E-state index < -0.39 is 10.0 Å². The molecule has 0 atom stereocenters. The molecular formula is C16H24N2O4S. The first-order chi connectivity index (χ1) is 10.9. The molecule has 1 aromatic carbocycles. The number of methoxy groups -OCH3 is 1. The second-order valence-electron chi connectivity index (χ2n) is 5.68. The van der Waals surface area contributed by atoms with Crippen LogP contribution < -0.4 is 10.1 Å². The summed E-state index contributed by atoms with van der Waals surface area (Å²) in [5, 5.41) is 2.67. The molecule has 0 bridgehead atoms. The van der Waals surface area contributed by atoms with Gasteiger partial charge in [0, 0.05) is 19.6 Å². The van der Waals surface area contributed by atoms with Crippen LogP contribution in [-0.2, 0) is 10.0 Å². The summed E-state index contributed by atoms with van der Waals surface area (Å²) in [6.45, 7) is 2.26. The van der Waals surface area contributed by atoms with Crippen molar-refractivity contribution in [2.45, 2.75) is 43.5 Å². The van der Waals surface area contributed by atoms with Crippen LogP contribution in [0, 0.1) is 0 Å². The number of hydrogen-bond acceptors (Lipinski definition) is 4. The number of rotatable bonds is 6. The van der Waals surface area contributed by atoms with Gasteiger partial charge in [-0.15, -0.1) is 0 Å². The zero-order chi connectivity index (χ0) is 17.0. The summed E-state index contributed by atoms with van der Waals surface area (Å²) in [4.78, 5) is 12.2. The average Bonchev–Trinajstić information content (AvgIpc) is 3.07. The fourth-order valence-corrected chi connectivity index (χ4v) is 4.35. The minimum absolute atomic E-state index is 0.0371. The minimum Gasteiger partial charge on any atom is -0.496 e. The van der Waals surface area contributed by atoms with Crippen molar-refractivity contribution >= 4 is 15.9 Å². The van der Waals surface area contributed by atoms with Crippen LogP contribution >= 0.6 is 0 Å². The molecule has 6 nitrogen and oxygen atoms in total. The maximum absolute atomic E-state index is 12.8. The van der Waals surface area contributed by atoms with Gasteiger partial charge in [0.05, 0.1) is 17.6 Å². The van der Waals surface area contributed by atoms with Gasteiger partial charge < -0.3 is 10.1 Å². The fourth-order valence-electron chi connectivity index (χ4n) is 2.91. The van der Waals surface area contributed by atoms with E-state index in [0.29, 0.717) is 12.3 Å². The van der Waals surface area contributed by atoms with Crippen LogP contribution in [0.3, 0.4) is 0 Å². The van der Waals surface area contributed by atoms with Crippen molar-refractivity contribution in [3.05, 3.63) is 23.8 Å². The number of nitrogens with one attached hydrogen (secondary N) is 1. The van der Waals surface area contributed by atoms with Crippen LogP contribution in [0.2, 0.25) is 0 Å². The fraction of sp³-hybridized carbons (Fsp3) is 0.562. The molecular weight excluding hydrogens is 316 g/mol. The Morgan fingerprint density at radius 1 is 1.35 bits per heavy atom. The van der Waals surface area contributed by atoms with Gasteiger partial charge in [-0.3, -0.25) is 4.79 Å². The van der Waals surface area contributed by atoms with E-state index in [0.717, 1.165) is 25.7 Å². The zero-order valence-electron chi connectivity index (χ0n) is 13.8. The Morgan fingerprint density at radius 3 is 2.57 bits per heavy atom. The Balaban J connectivity index is 2.38. The first-order valence-corrected chi connectivity index (χ1v) is 9.30. The highest BCUT2D eigenvalue weighted by Gasteiger charge is 2.30. The molecule has 128 valence electrons. The van der Waals surface area contributed by atoms with E-state index >= 15 is 0 Å². The van der Waals surface area contributed by atoms with E-state index in [2.05, 4.69) is 5.32 Å². The van der Waals surface area contributed by atoms with Gasteiger partial charge in [0.1, 0.15) is 5.75 Å². The van der Waals surface area contributed by atoms with Crippen molar-refractivity contribution in [2.75, 3.05) is 20.7 Å². The molecule has 1 saturated carbocycles. The normalized spacial score (nSPS) is 15.8. The molecule has 0 heterocycles. The third-order valence-corrected chi connectivity index (χ3v) is 6.17. The molecule has 0 unspecified atom stereocenters. The average molecular weight is 340 g/mol. The molecule has 1 aliphatic rings. The predicted molar refractivity (Wildman–Crippen MR) is 88.2 cm³/mol. The highest BCUT2D eigenvalue weighted by molar-refractivity contribution is 7.89. The van der Waals surface area contributed by atoms with Gasteiger partial charge in [0.2, 0.25) is 10.0 Å². The van der Waals surface area contributed by atoms with Gasteiger partial charge in [-0.2, -0.15) is 4.31 Å². The lowest BCUT2D eigenvalue weighted by molar-refractivity contribution is 0.0952. The van der Waals surface area contributed by atoms with Crippen molar-refractivity contribution in [3.63, 3.8) is 0 Å². The van der Waals surface area contributed by atoms with E-state index in [1.807, 2.05) is 0 Å². The van der Waals surface area contributed by atoms with Gasteiger partial charge in [-0.25, -0.2) is 8.42 Å². The lowest BCUT2D eigenvalue weighted by Gasteiger charge is -2.24. The molecule has 0 aromatic heterocycles. The first-order valence-electron chi connectivity index (χ1n) is 7.86. The summed E-state index contributed by atoms with van der Waals surface area (Å²) in [5.41, 5.74) is 0.232. The molecule has 0 radical (unpaired) electrons. The molecule has 2 rings (SSSR count). The van der Waals surface area contributed by atoms with Crippen molar-refractivity contribution in [2.24, 2.45) is 0 Å². The van der Waals surface area contributed by atoms with Crippen molar-refractivity contribution in [3.8, 4) is 5.75 Å².